The van der Waals surface area contributed by atoms with E-state index < -0.39 is 11.6 Å². The molecule has 0 spiro atoms. The van der Waals surface area contributed by atoms with Crippen molar-refractivity contribution in [3.8, 4) is 0 Å². The van der Waals surface area contributed by atoms with Crippen LogP contribution in [0.3, 0.4) is 0 Å². The minimum absolute atomic E-state index is 0.277. The minimum atomic E-state index is -0.928. The largest absolute Gasteiger partial charge is 0.478 e. The Kier molecular flexibility index (Phi) is 3.75. The molecule has 0 amide bonds. The molecule has 0 atom stereocenters. The van der Waals surface area contributed by atoms with Crippen LogP contribution in [-0.4, -0.2) is 39.9 Å². The number of carbonyl (C=O) groups is 1. The number of anilines is 1. The Bertz CT molecular complexity index is 476. The minimum Gasteiger partial charge on any atom is -0.478 e. The zero-order valence-corrected chi connectivity index (χ0v) is 11.4. The van der Waals surface area contributed by atoms with E-state index in [9.17, 15) is 9.90 Å². The lowest BCUT2D eigenvalue weighted by atomic mass is 9.94. The van der Waals surface area contributed by atoms with Gasteiger partial charge in [-0.25, -0.2) is 9.78 Å². The third-order valence-corrected chi connectivity index (χ3v) is 3.64. The molecular weight excluding hydrogens is 244 g/mol. The summed E-state index contributed by atoms with van der Waals surface area (Å²) in [6.45, 7) is 5.19. The van der Waals surface area contributed by atoms with Crippen molar-refractivity contribution in [2.24, 2.45) is 0 Å². The zero-order chi connectivity index (χ0) is 14.0. The fraction of sp³-hybridized carbons (Fsp3) is 0.571. The van der Waals surface area contributed by atoms with E-state index in [0.29, 0.717) is 38.2 Å². The molecular formula is C14H20N2O3. The highest BCUT2D eigenvalue weighted by atomic mass is 16.4. The van der Waals surface area contributed by atoms with Gasteiger partial charge in [0.1, 0.15) is 5.82 Å². The lowest BCUT2D eigenvalue weighted by molar-refractivity contribution is 0.0350. The summed E-state index contributed by atoms with van der Waals surface area (Å²) in [4.78, 5) is 17.7. The average Bonchev–Trinajstić information content (AvgIpc) is 2.38. The number of aliphatic hydroxyl groups is 1. The van der Waals surface area contributed by atoms with Crippen LogP contribution in [0, 0.1) is 0 Å². The van der Waals surface area contributed by atoms with Gasteiger partial charge in [-0.15, -0.1) is 0 Å². The van der Waals surface area contributed by atoms with Crippen molar-refractivity contribution < 1.29 is 15.0 Å². The standard InChI is InChI=1S/C14H20N2O3/c1-3-11-8-10(13(17)18)9-12(15-11)16-6-4-14(2,19)5-7-16/h8-9,19H,3-7H2,1-2H3,(H,17,18). The predicted molar refractivity (Wildman–Crippen MR) is 72.6 cm³/mol. The van der Waals surface area contributed by atoms with Crippen LogP contribution >= 0.6 is 0 Å². The summed E-state index contributed by atoms with van der Waals surface area (Å²) in [6.07, 6.45) is 2.06. The highest BCUT2D eigenvalue weighted by Gasteiger charge is 2.28. The van der Waals surface area contributed by atoms with E-state index in [0.717, 1.165) is 5.69 Å². The summed E-state index contributed by atoms with van der Waals surface area (Å²) < 4.78 is 0. The van der Waals surface area contributed by atoms with Crippen LogP contribution in [0.5, 0.6) is 0 Å². The predicted octanol–water partition coefficient (Wildman–Crippen LogP) is 1.69. The Balaban J connectivity index is 2.24. The van der Waals surface area contributed by atoms with Crippen molar-refractivity contribution in [3.05, 3.63) is 23.4 Å². The highest BCUT2D eigenvalue weighted by molar-refractivity contribution is 5.88. The fourth-order valence-corrected chi connectivity index (χ4v) is 2.26. The molecule has 5 heteroatoms. The number of hydrogen-bond acceptors (Lipinski definition) is 4. The number of aromatic nitrogens is 1. The Hall–Kier alpha value is -1.62. The number of pyridine rings is 1. The van der Waals surface area contributed by atoms with Crippen molar-refractivity contribution in [1.82, 2.24) is 4.98 Å². The van der Waals surface area contributed by atoms with Gasteiger partial charge in [-0.1, -0.05) is 6.92 Å². The molecule has 2 heterocycles. The molecule has 0 radical (unpaired) electrons. The third kappa shape index (κ3) is 3.23. The molecule has 19 heavy (non-hydrogen) atoms. The van der Waals surface area contributed by atoms with Crippen LogP contribution in [0.1, 0.15) is 42.7 Å². The molecule has 1 fully saturated rings. The maximum atomic E-state index is 11.1. The van der Waals surface area contributed by atoms with E-state index in [-0.39, 0.29) is 5.56 Å². The first-order chi connectivity index (χ1) is 8.91. The molecule has 5 nitrogen and oxygen atoms in total. The normalized spacial score (nSPS) is 18.4. The molecule has 2 rings (SSSR count). The van der Waals surface area contributed by atoms with E-state index >= 15 is 0 Å². The first-order valence-corrected chi connectivity index (χ1v) is 6.63. The van der Waals surface area contributed by atoms with Gasteiger partial charge in [-0.3, -0.25) is 0 Å². The molecule has 104 valence electrons. The van der Waals surface area contributed by atoms with Crippen molar-refractivity contribution in [3.63, 3.8) is 0 Å². The fourth-order valence-electron chi connectivity index (χ4n) is 2.26. The zero-order valence-electron chi connectivity index (χ0n) is 11.4. The van der Waals surface area contributed by atoms with Gasteiger partial charge in [0.15, 0.2) is 0 Å². The summed E-state index contributed by atoms with van der Waals surface area (Å²) in [5, 5.41) is 19.1. The molecule has 0 unspecified atom stereocenters. The summed E-state index contributed by atoms with van der Waals surface area (Å²) in [5.41, 5.74) is 0.445. The smallest absolute Gasteiger partial charge is 0.335 e. The highest BCUT2D eigenvalue weighted by Crippen LogP contribution is 2.25. The molecule has 1 aliphatic rings. The van der Waals surface area contributed by atoms with E-state index in [4.69, 9.17) is 5.11 Å². The van der Waals surface area contributed by atoms with E-state index in [2.05, 4.69) is 4.98 Å². The van der Waals surface area contributed by atoms with Gasteiger partial charge in [0.2, 0.25) is 0 Å². The molecule has 1 aromatic rings. The molecule has 1 aliphatic heterocycles. The SMILES string of the molecule is CCc1cc(C(=O)O)cc(N2CCC(C)(O)CC2)n1. The summed E-state index contributed by atoms with van der Waals surface area (Å²) in [7, 11) is 0. The number of carboxylic acids is 1. The van der Waals surface area contributed by atoms with E-state index in [1.807, 2.05) is 18.7 Å². The van der Waals surface area contributed by atoms with E-state index in [1.54, 1.807) is 12.1 Å². The Morgan fingerprint density at radius 1 is 1.42 bits per heavy atom. The van der Waals surface area contributed by atoms with Gasteiger partial charge < -0.3 is 15.1 Å². The maximum absolute atomic E-state index is 11.1. The number of aryl methyl sites for hydroxylation is 1. The second kappa shape index (κ2) is 5.17. The number of hydrogen-bond donors (Lipinski definition) is 2. The maximum Gasteiger partial charge on any atom is 0.335 e. The number of carboxylic acid groups (broad SMARTS) is 1. The van der Waals surface area contributed by atoms with Gasteiger partial charge in [-0.2, -0.15) is 0 Å². The van der Waals surface area contributed by atoms with Gasteiger partial charge in [-0.05, 0) is 38.3 Å². The molecule has 1 aromatic heterocycles. The molecule has 2 N–H and O–H groups in total. The second-order valence-corrected chi connectivity index (χ2v) is 5.35. The van der Waals surface area contributed by atoms with Crippen molar-refractivity contribution in [2.45, 2.75) is 38.7 Å². The summed E-state index contributed by atoms with van der Waals surface area (Å²) >= 11 is 0. The molecule has 0 saturated carbocycles. The van der Waals surface area contributed by atoms with Gasteiger partial charge >= 0.3 is 5.97 Å². The lowest BCUT2D eigenvalue weighted by Crippen LogP contribution is -2.42. The van der Waals surface area contributed by atoms with Crippen LogP contribution in [0.2, 0.25) is 0 Å². The lowest BCUT2D eigenvalue weighted by Gasteiger charge is -2.36. The van der Waals surface area contributed by atoms with Crippen molar-refractivity contribution in [1.29, 1.82) is 0 Å². The number of rotatable bonds is 3. The van der Waals surface area contributed by atoms with Gasteiger partial charge in [0, 0.05) is 18.8 Å². The number of aromatic carboxylic acids is 1. The first-order valence-electron chi connectivity index (χ1n) is 6.63. The van der Waals surface area contributed by atoms with E-state index in [1.165, 1.54) is 0 Å². The summed E-state index contributed by atoms with van der Waals surface area (Å²) in [5.74, 6) is -0.227. The van der Waals surface area contributed by atoms with Crippen molar-refractivity contribution >= 4 is 11.8 Å². The number of piperidine rings is 1. The molecule has 0 aromatic carbocycles. The summed E-state index contributed by atoms with van der Waals surface area (Å²) in [6, 6.07) is 3.23. The van der Waals surface area contributed by atoms with Crippen LogP contribution in [-0.2, 0) is 6.42 Å². The molecule has 0 aliphatic carbocycles. The van der Waals surface area contributed by atoms with Crippen molar-refractivity contribution in [2.75, 3.05) is 18.0 Å². The topological polar surface area (TPSA) is 73.7 Å². The van der Waals surface area contributed by atoms with Crippen LogP contribution in [0.15, 0.2) is 12.1 Å². The van der Waals surface area contributed by atoms with Crippen LogP contribution in [0.4, 0.5) is 5.82 Å². The Morgan fingerprint density at radius 3 is 2.58 bits per heavy atom. The Labute approximate surface area is 112 Å². The quantitative estimate of drug-likeness (QED) is 0.869. The molecule has 1 saturated heterocycles. The first kappa shape index (κ1) is 13.8. The monoisotopic (exact) mass is 264 g/mol. The van der Waals surface area contributed by atoms with Gasteiger partial charge in [0.25, 0.3) is 0 Å². The average molecular weight is 264 g/mol. The van der Waals surface area contributed by atoms with Gasteiger partial charge in [0.05, 0.1) is 11.2 Å². The second-order valence-electron chi connectivity index (χ2n) is 5.35. The third-order valence-electron chi connectivity index (χ3n) is 3.64. The number of nitrogens with zero attached hydrogens (tertiary/aromatic N) is 2. The Morgan fingerprint density at radius 2 is 2.05 bits per heavy atom. The van der Waals surface area contributed by atoms with Crippen LogP contribution < -0.4 is 4.90 Å². The molecule has 0 bridgehead atoms. The van der Waals surface area contributed by atoms with Crippen LogP contribution in [0.25, 0.3) is 0 Å².